The minimum absolute atomic E-state index is 0.0905. The first-order valence-electron chi connectivity index (χ1n) is 14.1. The number of piperidine rings is 1. The Balaban J connectivity index is 1.25. The lowest BCUT2D eigenvalue weighted by Crippen LogP contribution is -2.54. The molecule has 2 aliphatic rings. The van der Waals surface area contributed by atoms with Crippen molar-refractivity contribution in [2.75, 3.05) is 71.8 Å². The second kappa shape index (κ2) is 15.7. The number of nitrogens with zero attached hydrogens (tertiary/aromatic N) is 2. The molecule has 1 N–H and O–H groups in total. The highest BCUT2D eigenvalue weighted by Crippen LogP contribution is 2.33. The van der Waals surface area contributed by atoms with E-state index >= 15 is 0 Å². The predicted molar refractivity (Wildman–Crippen MR) is 150 cm³/mol. The van der Waals surface area contributed by atoms with Crippen LogP contribution in [0.5, 0.6) is 0 Å². The molecule has 0 aliphatic carbocycles. The molecule has 1 fully saturated rings. The molecule has 1 unspecified atom stereocenters. The van der Waals surface area contributed by atoms with Gasteiger partial charge in [-0.15, -0.1) is 0 Å². The Bertz CT molecular complexity index is 1130. The number of rotatable bonds is 17. The predicted octanol–water partition coefficient (Wildman–Crippen LogP) is 1.64. The molecular weight excluding hydrogens is 550 g/mol. The summed E-state index contributed by atoms with van der Waals surface area (Å²) in [6.07, 6.45) is 0.405. The van der Waals surface area contributed by atoms with Gasteiger partial charge < -0.3 is 29.0 Å². The minimum Gasteiger partial charge on any atom is -0.460 e. The molecule has 0 saturated carbocycles. The molecule has 2 aliphatic heterocycles. The molecule has 1 atom stereocenters. The van der Waals surface area contributed by atoms with E-state index in [0.717, 1.165) is 9.80 Å². The van der Waals surface area contributed by atoms with Crippen LogP contribution in [0.4, 0.5) is 5.69 Å². The number of hydrogen-bond donors (Lipinski definition) is 1. The fraction of sp³-hybridized carbons (Fsp3) is 0.621. The number of benzene rings is 1. The lowest BCUT2D eigenvalue weighted by atomic mass is 10.0. The number of esters is 1. The summed E-state index contributed by atoms with van der Waals surface area (Å²) in [6, 6.07) is 3.92. The number of hydrogen-bond acceptors (Lipinski definition) is 11. The Labute approximate surface area is 245 Å². The maximum Gasteiger partial charge on any atom is 0.308 e. The van der Waals surface area contributed by atoms with E-state index in [1.807, 2.05) is 20.8 Å². The maximum absolute atomic E-state index is 13.2. The van der Waals surface area contributed by atoms with Crippen molar-refractivity contribution in [1.82, 2.24) is 9.80 Å². The van der Waals surface area contributed by atoms with E-state index in [4.69, 9.17) is 23.7 Å². The van der Waals surface area contributed by atoms with Crippen molar-refractivity contribution < 1.29 is 47.7 Å². The summed E-state index contributed by atoms with van der Waals surface area (Å²) in [4.78, 5) is 64.2. The third kappa shape index (κ3) is 9.31. The fourth-order valence-corrected chi connectivity index (χ4v) is 4.44. The van der Waals surface area contributed by atoms with Gasteiger partial charge >= 0.3 is 5.97 Å². The minimum atomic E-state index is -0.995. The van der Waals surface area contributed by atoms with Crippen LogP contribution < -0.4 is 5.32 Å². The second-order valence-electron chi connectivity index (χ2n) is 10.8. The standard InChI is InChI=1S/C29H41N3O10/c1-29(2,3)42-24(34)10-12-38-14-16-40-18-19-41-17-15-39-13-11-30-21-7-5-6-20-25(21)28(37)32(26(20)35)22-8-9-23(33)31(4)27(22)36/h5-7,22,30H,8-19H2,1-4H3. The molecule has 3 rings (SSSR count). The highest BCUT2D eigenvalue weighted by Gasteiger charge is 2.47. The zero-order chi connectivity index (χ0) is 30.7. The van der Waals surface area contributed by atoms with Gasteiger partial charge in [-0.05, 0) is 39.3 Å². The fourth-order valence-electron chi connectivity index (χ4n) is 4.44. The lowest BCUT2D eigenvalue weighted by Gasteiger charge is -2.32. The largest absolute Gasteiger partial charge is 0.460 e. The number of ether oxygens (including phenoxy) is 5. The Morgan fingerprint density at radius 2 is 1.48 bits per heavy atom. The van der Waals surface area contributed by atoms with Crippen molar-refractivity contribution in [3.8, 4) is 0 Å². The molecule has 1 aromatic rings. The number of likely N-dealkylation sites (tertiary alicyclic amines) is 1. The maximum atomic E-state index is 13.2. The summed E-state index contributed by atoms with van der Waals surface area (Å²) in [6.45, 7) is 8.77. The zero-order valence-corrected chi connectivity index (χ0v) is 24.8. The zero-order valence-electron chi connectivity index (χ0n) is 24.8. The van der Waals surface area contributed by atoms with Gasteiger partial charge in [0.25, 0.3) is 17.7 Å². The van der Waals surface area contributed by atoms with E-state index in [-0.39, 0.29) is 48.9 Å². The average molecular weight is 592 g/mol. The van der Waals surface area contributed by atoms with Gasteiger partial charge in [0.15, 0.2) is 0 Å². The van der Waals surface area contributed by atoms with Gasteiger partial charge in [-0.25, -0.2) is 0 Å². The number of imide groups is 2. The van der Waals surface area contributed by atoms with Gasteiger partial charge in [0.1, 0.15) is 11.6 Å². The summed E-state index contributed by atoms with van der Waals surface area (Å²) >= 11 is 0. The van der Waals surface area contributed by atoms with Crippen LogP contribution in [0.15, 0.2) is 18.2 Å². The molecule has 0 aromatic heterocycles. The van der Waals surface area contributed by atoms with Crippen LogP contribution in [0.1, 0.15) is 60.7 Å². The van der Waals surface area contributed by atoms with E-state index < -0.39 is 29.4 Å². The number of fused-ring (bicyclic) bond motifs is 1. The number of carbonyl (C=O) groups is 5. The summed E-state index contributed by atoms with van der Waals surface area (Å²) in [5.74, 6) is -2.27. The van der Waals surface area contributed by atoms with Gasteiger partial charge in [0, 0.05) is 25.7 Å². The Morgan fingerprint density at radius 1 is 0.881 bits per heavy atom. The topological polar surface area (TPSA) is 150 Å². The molecule has 2 heterocycles. The highest BCUT2D eigenvalue weighted by atomic mass is 16.6. The van der Waals surface area contributed by atoms with Crippen LogP contribution in [0.2, 0.25) is 0 Å². The molecular formula is C29H41N3O10. The van der Waals surface area contributed by atoms with Gasteiger partial charge in [-0.2, -0.15) is 0 Å². The third-order valence-corrected chi connectivity index (χ3v) is 6.43. The number of likely N-dealkylation sites (N-methyl/N-ethyl adjacent to an activating group) is 1. The monoisotopic (exact) mass is 591 g/mol. The molecule has 13 heteroatoms. The molecule has 232 valence electrons. The normalized spacial score (nSPS) is 17.2. The third-order valence-electron chi connectivity index (χ3n) is 6.43. The first-order valence-corrected chi connectivity index (χ1v) is 14.1. The number of amides is 4. The Kier molecular flexibility index (Phi) is 12.4. The first kappa shape index (κ1) is 33.1. The van der Waals surface area contributed by atoms with E-state index in [0.29, 0.717) is 58.5 Å². The van der Waals surface area contributed by atoms with Gasteiger partial charge in [0.05, 0.1) is 70.4 Å². The Morgan fingerprint density at radius 3 is 2.10 bits per heavy atom. The molecule has 0 bridgehead atoms. The summed E-state index contributed by atoms with van der Waals surface area (Å²) < 4.78 is 27.0. The first-order chi connectivity index (χ1) is 20.0. The van der Waals surface area contributed by atoms with Gasteiger partial charge in [-0.1, -0.05) is 6.07 Å². The summed E-state index contributed by atoms with van der Waals surface area (Å²) in [7, 11) is 1.36. The van der Waals surface area contributed by atoms with Crippen LogP contribution in [0.25, 0.3) is 0 Å². The molecule has 1 aromatic carbocycles. The quantitative estimate of drug-likeness (QED) is 0.160. The lowest BCUT2D eigenvalue weighted by molar-refractivity contribution is -0.156. The van der Waals surface area contributed by atoms with Crippen molar-refractivity contribution in [2.24, 2.45) is 0 Å². The van der Waals surface area contributed by atoms with Gasteiger partial charge in [-0.3, -0.25) is 33.8 Å². The second-order valence-corrected chi connectivity index (χ2v) is 10.8. The average Bonchev–Trinajstić information content (AvgIpc) is 3.18. The molecule has 42 heavy (non-hydrogen) atoms. The van der Waals surface area contributed by atoms with Crippen LogP contribution in [-0.4, -0.2) is 117 Å². The number of carbonyl (C=O) groups excluding carboxylic acids is 5. The molecule has 13 nitrogen and oxygen atoms in total. The van der Waals surface area contributed by atoms with Gasteiger partial charge in [0.2, 0.25) is 5.91 Å². The van der Waals surface area contributed by atoms with Crippen molar-refractivity contribution in [1.29, 1.82) is 0 Å². The van der Waals surface area contributed by atoms with Crippen LogP contribution in [0.3, 0.4) is 0 Å². The van der Waals surface area contributed by atoms with Crippen molar-refractivity contribution in [2.45, 2.75) is 51.7 Å². The SMILES string of the molecule is CN1C(=O)CCC(N2C(=O)c3cccc(NCCOCCOCCOCCOCCC(=O)OC(C)(C)C)c3C2=O)C1=O. The van der Waals surface area contributed by atoms with Crippen LogP contribution in [0, 0.1) is 0 Å². The molecule has 1 saturated heterocycles. The van der Waals surface area contributed by atoms with E-state index in [1.165, 1.54) is 7.05 Å². The number of nitrogens with one attached hydrogen (secondary N) is 1. The van der Waals surface area contributed by atoms with Crippen molar-refractivity contribution >= 4 is 35.3 Å². The van der Waals surface area contributed by atoms with Crippen LogP contribution in [-0.2, 0) is 38.1 Å². The van der Waals surface area contributed by atoms with Crippen LogP contribution >= 0.6 is 0 Å². The molecule has 0 spiro atoms. The Hall–Kier alpha value is -3.39. The summed E-state index contributed by atoms with van der Waals surface area (Å²) in [5, 5.41) is 3.13. The van der Waals surface area contributed by atoms with Crippen molar-refractivity contribution in [3.05, 3.63) is 29.3 Å². The van der Waals surface area contributed by atoms with E-state index in [9.17, 15) is 24.0 Å². The summed E-state index contributed by atoms with van der Waals surface area (Å²) in [5.41, 5.74) is 0.416. The molecule has 0 radical (unpaired) electrons. The van der Waals surface area contributed by atoms with Crippen molar-refractivity contribution in [3.63, 3.8) is 0 Å². The van der Waals surface area contributed by atoms with E-state index in [1.54, 1.807) is 18.2 Å². The highest BCUT2D eigenvalue weighted by molar-refractivity contribution is 6.25. The molecule has 4 amide bonds. The smallest absolute Gasteiger partial charge is 0.308 e. The number of anilines is 1. The van der Waals surface area contributed by atoms with E-state index in [2.05, 4.69) is 5.32 Å².